The fraction of sp³-hybridized carbons (Fsp3) is 1.00. The first-order valence-electron chi connectivity index (χ1n) is 7.82. The first-order chi connectivity index (χ1) is 8.71. The summed E-state index contributed by atoms with van der Waals surface area (Å²) < 4.78 is 5.83. The van der Waals surface area contributed by atoms with Gasteiger partial charge in [0.15, 0.2) is 0 Å². The second kappa shape index (κ2) is 5.10. The van der Waals surface area contributed by atoms with E-state index in [1.807, 2.05) is 0 Å². The highest BCUT2D eigenvalue weighted by Gasteiger charge is 2.46. The van der Waals surface area contributed by atoms with Crippen molar-refractivity contribution in [2.45, 2.75) is 63.6 Å². The summed E-state index contributed by atoms with van der Waals surface area (Å²) >= 11 is 0. The molecule has 0 aromatic carbocycles. The molecule has 0 radical (unpaired) electrons. The van der Waals surface area contributed by atoms with Gasteiger partial charge >= 0.3 is 0 Å². The van der Waals surface area contributed by atoms with E-state index in [-0.39, 0.29) is 0 Å². The van der Waals surface area contributed by atoms with Crippen molar-refractivity contribution in [1.29, 1.82) is 0 Å². The van der Waals surface area contributed by atoms with Crippen LogP contribution in [0.15, 0.2) is 0 Å². The van der Waals surface area contributed by atoms with E-state index in [1.165, 1.54) is 38.6 Å². The molecule has 0 aromatic rings. The third kappa shape index (κ3) is 2.59. The van der Waals surface area contributed by atoms with Crippen LogP contribution in [0.25, 0.3) is 0 Å². The normalized spacial score (nSPS) is 42.3. The fourth-order valence-electron chi connectivity index (χ4n) is 3.75. The number of rotatable bonds is 4. The Morgan fingerprint density at radius 3 is 2.78 bits per heavy atom. The molecule has 3 rings (SSSR count). The molecule has 3 atom stereocenters. The van der Waals surface area contributed by atoms with Crippen molar-refractivity contribution in [3.05, 3.63) is 0 Å². The summed E-state index contributed by atoms with van der Waals surface area (Å²) in [6.45, 7) is 9.26. The fourth-order valence-corrected chi connectivity index (χ4v) is 3.75. The molecule has 3 heteroatoms. The molecule has 2 heterocycles. The first-order valence-corrected chi connectivity index (χ1v) is 7.82. The van der Waals surface area contributed by atoms with Crippen molar-refractivity contribution in [2.24, 2.45) is 5.92 Å². The van der Waals surface area contributed by atoms with E-state index in [0.29, 0.717) is 17.7 Å². The van der Waals surface area contributed by atoms with Gasteiger partial charge in [-0.25, -0.2) is 0 Å². The minimum atomic E-state index is 0.365. The predicted octanol–water partition coefficient (Wildman–Crippen LogP) is 2.02. The Morgan fingerprint density at radius 2 is 2.17 bits per heavy atom. The molecule has 0 spiro atoms. The van der Waals surface area contributed by atoms with E-state index in [9.17, 15) is 0 Å². The number of hydrogen-bond donors (Lipinski definition) is 1. The minimum Gasteiger partial charge on any atom is -0.377 e. The van der Waals surface area contributed by atoms with E-state index in [4.69, 9.17) is 4.74 Å². The Kier molecular flexibility index (Phi) is 3.65. The van der Waals surface area contributed by atoms with Crippen LogP contribution in [0.3, 0.4) is 0 Å². The number of nitrogens with one attached hydrogen (secondary N) is 1. The van der Waals surface area contributed by atoms with Crippen LogP contribution in [-0.2, 0) is 4.74 Å². The average molecular weight is 252 g/mol. The average Bonchev–Trinajstić information content (AvgIpc) is 3.11. The maximum absolute atomic E-state index is 5.83. The van der Waals surface area contributed by atoms with Gasteiger partial charge in [-0.2, -0.15) is 0 Å². The van der Waals surface area contributed by atoms with Gasteiger partial charge < -0.3 is 10.1 Å². The molecule has 2 saturated heterocycles. The Morgan fingerprint density at radius 1 is 1.33 bits per heavy atom. The van der Waals surface area contributed by atoms with Crippen LogP contribution in [0.4, 0.5) is 0 Å². The van der Waals surface area contributed by atoms with Crippen LogP contribution >= 0.6 is 0 Å². The highest BCUT2D eigenvalue weighted by Crippen LogP contribution is 2.41. The maximum Gasteiger partial charge on any atom is 0.0702 e. The lowest BCUT2D eigenvalue weighted by Gasteiger charge is -2.47. The molecule has 3 fully saturated rings. The zero-order valence-electron chi connectivity index (χ0n) is 12.0. The molecule has 3 aliphatic rings. The Hall–Kier alpha value is -0.120. The smallest absolute Gasteiger partial charge is 0.0702 e. The van der Waals surface area contributed by atoms with Crippen molar-refractivity contribution < 1.29 is 4.74 Å². The number of nitrogens with zero attached hydrogens (tertiary/aromatic N) is 1. The Labute approximate surface area is 111 Å². The van der Waals surface area contributed by atoms with Gasteiger partial charge in [-0.15, -0.1) is 0 Å². The van der Waals surface area contributed by atoms with Crippen molar-refractivity contribution >= 4 is 0 Å². The van der Waals surface area contributed by atoms with Crippen LogP contribution < -0.4 is 5.32 Å². The van der Waals surface area contributed by atoms with Crippen LogP contribution in [0.1, 0.15) is 46.0 Å². The zero-order chi connectivity index (χ0) is 12.6. The van der Waals surface area contributed by atoms with Gasteiger partial charge in [0, 0.05) is 37.8 Å². The molecule has 18 heavy (non-hydrogen) atoms. The van der Waals surface area contributed by atoms with Crippen molar-refractivity contribution in [3.63, 3.8) is 0 Å². The van der Waals surface area contributed by atoms with Gasteiger partial charge in [0.25, 0.3) is 0 Å². The Bertz CT molecular complexity index is 286. The summed E-state index contributed by atoms with van der Waals surface area (Å²) in [6.07, 6.45) is 7.12. The lowest BCUT2D eigenvalue weighted by Crippen LogP contribution is -2.64. The predicted molar refractivity (Wildman–Crippen MR) is 73.8 cm³/mol. The molecule has 1 N–H and O–H groups in total. The molecule has 0 amide bonds. The largest absolute Gasteiger partial charge is 0.377 e. The number of hydrogen-bond acceptors (Lipinski definition) is 3. The van der Waals surface area contributed by atoms with Gasteiger partial charge in [-0.05, 0) is 44.9 Å². The second-order valence-corrected chi connectivity index (χ2v) is 6.70. The van der Waals surface area contributed by atoms with Gasteiger partial charge in [0.2, 0.25) is 0 Å². The van der Waals surface area contributed by atoms with Crippen molar-refractivity contribution in [2.75, 3.05) is 26.2 Å². The number of ether oxygens (including phenoxy) is 1. The van der Waals surface area contributed by atoms with Gasteiger partial charge in [-0.1, -0.05) is 6.92 Å². The minimum absolute atomic E-state index is 0.365. The molecule has 104 valence electrons. The van der Waals surface area contributed by atoms with Crippen molar-refractivity contribution in [1.82, 2.24) is 10.2 Å². The summed E-state index contributed by atoms with van der Waals surface area (Å²) in [7, 11) is 0. The van der Waals surface area contributed by atoms with Gasteiger partial charge in [0.05, 0.1) is 6.10 Å². The van der Waals surface area contributed by atoms with Crippen LogP contribution in [0.5, 0.6) is 0 Å². The summed E-state index contributed by atoms with van der Waals surface area (Å²) in [5, 5.41) is 3.83. The summed E-state index contributed by atoms with van der Waals surface area (Å²) in [5.41, 5.74) is 0.365. The highest BCUT2D eigenvalue weighted by molar-refractivity contribution is 5.04. The lowest BCUT2D eigenvalue weighted by molar-refractivity contribution is 0.0170. The molecular weight excluding hydrogens is 224 g/mol. The quantitative estimate of drug-likeness (QED) is 0.828. The maximum atomic E-state index is 5.83. The molecule has 0 bridgehead atoms. The second-order valence-electron chi connectivity index (χ2n) is 6.70. The molecule has 1 aliphatic carbocycles. The monoisotopic (exact) mass is 252 g/mol. The molecule has 2 aliphatic heterocycles. The lowest BCUT2D eigenvalue weighted by atomic mass is 9.90. The van der Waals surface area contributed by atoms with E-state index < -0.39 is 0 Å². The number of piperazine rings is 1. The van der Waals surface area contributed by atoms with E-state index in [2.05, 4.69) is 24.1 Å². The van der Waals surface area contributed by atoms with E-state index in [1.54, 1.807) is 0 Å². The SMILES string of the molecule is CCC1CNC(C)(C2CC2)CN1CC1CCCO1. The van der Waals surface area contributed by atoms with Crippen LogP contribution in [-0.4, -0.2) is 48.8 Å². The first kappa shape index (κ1) is 12.9. The van der Waals surface area contributed by atoms with Gasteiger partial charge in [-0.3, -0.25) is 4.90 Å². The Balaban J connectivity index is 1.63. The molecule has 1 saturated carbocycles. The van der Waals surface area contributed by atoms with Crippen molar-refractivity contribution in [3.8, 4) is 0 Å². The topological polar surface area (TPSA) is 24.5 Å². The summed E-state index contributed by atoms with van der Waals surface area (Å²) in [5.74, 6) is 0.919. The van der Waals surface area contributed by atoms with E-state index in [0.717, 1.165) is 25.6 Å². The molecule has 3 nitrogen and oxygen atoms in total. The molecule has 3 unspecified atom stereocenters. The summed E-state index contributed by atoms with van der Waals surface area (Å²) in [6, 6.07) is 0.709. The van der Waals surface area contributed by atoms with Crippen LogP contribution in [0, 0.1) is 5.92 Å². The van der Waals surface area contributed by atoms with E-state index >= 15 is 0 Å². The van der Waals surface area contributed by atoms with Crippen LogP contribution in [0.2, 0.25) is 0 Å². The third-order valence-electron chi connectivity index (χ3n) is 5.20. The zero-order valence-corrected chi connectivity index (χ0v) is 12.0. The summed E-state index contributed by atoms with van der Waals surface area (Å²) in [4.78, 5) is 2.71. The standard InChI is InChI=1S/C15H28N2O/c1-3-13-9-16-15(2,12-6-7-12)11-17(13)10-14-5-4-8-18-14/h12-14,16H,3-11H2,1-2H3. The van der Waals surface area contributed by atoms with Gasteiger partial charge in [0.1, 0.15) is 0 Å². The molecule has 0 aromatic heterocycles. The highest BCUT2D eigenvalue weighted by atomic mass is 16.5. The molecular formula is C15H28N2O. The third-order valence-corrected chi connectivity index (χ3v) is 5.20.